The zero-order valence-corrected chi connectivity index (χ0v) is 23.0. The summed E-state index contributed by atoms with van der Waals surface area (Å²) in [6, 6.07) is 0. The van der Waals surface area contributed by atoms with Crippen LogP contribution in [-0.4, -0.2) is 0 Å². The average molecular weight is 453 g/mol. The Kier molecular flexibility index (Phi) is 10.1. The van der Waals surface area contributed by atoms with Crippen LogP contribution in [-0.2, 0) is 0 Å². The van der Waals surface area contributed by atoms with Crippen LogP contribution in [0.2, 0.25) is 0 Å². The summed E-state index contributed by atoms with van der Waals surface area (Å²) in [5.74, 6) is 4.98. The van der Waals surface area contributed by atoms with Crippen molar-refractivity contribution in [2.24, 2.45) is 46.3 Å². The highest BCUT2D eigenvalue weighted by molar-refractivity contribution is 5.38. The van der Waals surface area contributed by atoms with Gasteiger partial charge in [-0.15, -0.1) is 26.3 Å². The van der Waals surface area contributed by atoms with Gasteiger partial charge in [-0.2, -0.15) is 0 Å². The van der Waals surface area contributed by atoms with Crippen LogP contribution in [0, 0.1) is 46.3 Å². The highest BCUT2D eigenvalue weighted by atomic mass is 14.6. The van der Waals surface area contributed by atoms with Gasteiger partial charge in [0.15, 0.2) is 0 Å². The fraction of sp³-hybridized carbons (Fsp3) is 0.697. The van der Waals surface area contributed by atoms with E-state index in [9.17, 15) is 0 Å². The van der Waals surface area contributed by atoms with Gasteiger partial charge in [0.25, 0.3) is 0 Å². The Morgan fingerprint density at radius 3 is 2.30 bits per heavy atom. The van der Waals surface area contributed by atoms with Crippen LogP contribution in [0.5, 0.6) is 0 Å². The number of hydrogen-bond donors (Lipinski definition) is 0. The second kappa shape index (κ2) is 11.9. The molecule has 3 fully saturated rings. The summed E-state index contributed by atoms with van der Waals surface area (Å²) in [4.78, 5) is 0. The minimum Gasteiger partial charge on any atom is -0.106 e. The zero-order valence-electron chi connectivity index (χ0n) is 23.0. The molecule has 3 unspecified atom stereocenters. The van der Waals surface area contributed by atoms with Crippen LogP contribution >= 0.6 is 0 Å². The van der Waals surface area contributed by atoms with E-state index in [0.717, 1.165) is 35.5 Å². The number of hydrogen-bond acceptors (Lipinski definition) is 0. The van der Waals surface area contributed by atoms with Crippen LogP contribution < -0.4 is 0 Å². The molecular weight excluding hydrogens is 396 g/mol. The van der Waals surface area contributed by atoms with Gasteiger partial charge < -0.3 is 0 Å². The normalized spacial score (nSPS) is 37.9. The molecule has 0 spiro atoms. The van der Waals surface area contributed by atoms with E-state index in [2.05, 4.69) is 92.2 Å². The van der Waals surface area contributed by atoms with Crippen molar-refractivity contribution < 1.29 is 1.43 Å². The summed E-state index contributed by atoms with van der Waals surface area (Å²) in [5.41, 5.74) is 4.65. The first-order chi connectivity index (χ1) is 15.8. The molecule has 3 saturated carbocycles. The Hall–Kier alpha value is -1.30. The summed E-state index contributed by atoms with van der Waals surface area (Å²) in [6.07, 6.45) is 22.9. The molecular formula is C33H56. The number of allylic oxidation sites excluding steroid dienone is 6. The Morgan fingerprint density at radius 2 is 1.67 bits per heavy atom. The van der Waals surface area contributed by atoms with Crippen LogP contribution in [0.15, 0.2) is 61.8 Å². The molecule has 0 amide bonds. The number of fused-ring (bicyclic) bond motifs is 5. The van der Waals surface area contributed by atoms with Crippen LogP contribution in [0.25, 0.3) is 0 Å². The molecule has 33 heavy (non-hydrogen) atoms. The molecule has 0 radical (unpaired) electrons. The average Bonchev–Trinajstić information content (AvgIpc) is 3.18. The van der Waals surface area contributed by atoms with Crippen molar-refractivity contribution in [3.05, 3.63) is 61.8 Å². The molecule has 0 nitrogen and oxygen atoms in total. The van der Waals surface area contributed by atoms with Crippen molar-refractivity contribution in [2.45, 2.75) is 99.3 Å². The van der Waals surface area contributed by atoms with E-state index in [1.807, 2.05) is 5.57 Å². The Labute approximate surface area is 208 Å². The Bertz CT molecular complexity index is 725. The molecule has 4 rings (SSSR count). The molecule has 0 heteroatoms. The zero-order chi connectivity index (χ0) is 24.8. The Morgan fingerprint density at radius 1 is 0.970 bits per heavy atom. The summed E-state index contributed by atoms with van der Waals surface area (Å²) in [5, 5.41) is 0. The Balaban J connectivity index is 0.00000110. The lowest BCUT2D eigenvalue weighted by molar-refractivity contribution is 0.0530. The van der Waals surface area contributed by atoms with E-state index < -0.39 is 0 Å². The van der Waals surface area contributed by atoms with Gasteiger partial charge in [0.2, 0.25) is 0 Å². The first kappa shape index (κ1) is 27.9. The summed E-state index contributed by atoms with van der Waals surface area (Å²) in [6.45, 7) is 26.8. The summed E-state index contributed by atoms with van der Waals surface area (Å²) >= 11 is 0. The third-order valence-corrected chi connectivity index (χ3v) is 10.0. The molecule has 0 aromatic heterocycles. The second-order valence-corrected chi connectivity index (χ2v) is 12.0. The standard InChI is InChI=1S/C29H46.2C2H4.H2/c1-7-22-15-17-28(5)23(19-22)11-12-24-26-14-13-25(21(4)10-8-9-20(2)3)29(26,6)18-16-27(24)28;2*1-2;/h8,10-12,20-22,25-27H,7,9,13-19H2,1-6H3;2*1-2H2;1H/b10-8+;;;/t21-,22+,25?,26?,27?,28+,29-;;;/m1.../s1. The monoisotopic (exact) mass is 452 g/mol. The lowest BCUT2D eigenvalue weighted by atomic mass is 9.49. The third-order valence-electron chi connectivity index (χ3n) is 10.0. The maximum Gasteiger partial charge on any atom is 0 e. The van der Waals surface area contributed by atoms with E-state index in [4.69, 9.17) is 0 Å². The molecule has 0 N–H and O–H groups in total. The molecule has 7 atom stereocenters. The van der Waals surface area contributed by atoms with Gasteiger partial charge in [-0.25, -0.2) is 0 Å². The van der Waals surface area contributed by atoms with E-state index >= 15 is 0 Å². The van der Waals surface area contributed by atoms with Gasteiger partial charge in [-0.05, 0) is 97.7 Å². The molecule has 0 aromatic carbocycles. The van der Waals surface area contributed by atoms with Crippen LogP contribution in [0.1, 0.15) is 101 Å². The summed E-state index contributed by atoms with van der Waals surface area (Å²) < 4.78 is 0. The fourth-order valence-electron chi connectivity index (χ4n) is 8.03. The van der Waals surface area contributed by atoms with Crippen LogP contribution in [0.4, 0.5) is 0 Å². The van der Waals surface area contributed by atoms with Gasteiger partial charge in [0.1, 0.15) is 0 Å². The molecule has 4 aliphatic rings. The molecule has 0 aromatic rings. The fourth-order valence-corrected chi connectivity index (χ4v) is 8.03. The van der Waals surface area contributed by atoms with Crippen LogP contribution in [0.3, 0.4) is 0 Å². The topological polar surface area (TPSA) is 0 Å². The summed E-state index contributed by atoms with van der Waals surface area (Å²) in [7, 11) is 0. The lowest BCUT2D eigenvalue weighted by Gasteiger charge is -2.55. The van der Waals surface area contributed by atoms with E-state index in [1.165, 1.54) is 57.8 Å². The van der Waals surface area contributed by atoms with Crippen molar-refractivity contribution in [1.29, 1.82) is 0 Å². The predicted octanol–water partition coefficient (Wildman–Crippen LogP) is 10.6. The SMILES string of the molecule is C=C.C=C.CC[C@H]1CC[C@@]2(C)C(=CC=C3C4CCC([C@H](C)/C=C/CC(C)C)[C@@]4(C)CCC32)C1.[HH]. The smallest absolute Gasteiger partial charge is 0 e. The van der Waals surface area contributed by atoms with Crippen molar-refractivity contribution in [1.82, 2.24) is 0 Å². The first-order valence-electron chi connectivity index (χ1n) is 13.9. The molecule has 4 aliphatic carbocycles. The predicted molar refractivity (Wildman–Crippen MR) is 151 cm³/mol. The van der Waals surface area contributed by atoms with E-state index in [1.54, 1.807) is 5.57 Å². The molecule has 0 bridgehead atoms. The van der Waals surface area contributed by atoms with E-state index in [0.29, 0.717) is 10.8 Å². The van der Waals surface area contributed by atoms with Crippen molar-refractivity contribution in [3.8, 4) is 0 Å². The molecule has 0 aliphatic heterocycles. The van der Waals surface area contributed by atoms with Gasteiger partial charge >= 0.3 is 0 Å². The van der Waals surface area contributed by atoms with Gasteiger partial charge in [-0.1, -0.05) is 83.4 Å². The van der Waals surface area contributed by atoms with Gasteiger partial charge in [0.05, 0.1) is 0 Å². The van der Waals surface area contributed by atoms with E-state index in [-0.39, 0.29) is 1.43 Å². The largest absolute Gasteiger partial charge is 0.106 e. The second-order valence-electron chi connectivity index (χ2n) is 12.0. The first-order valence-corrected chi connectivity index (χ1v) is 13.9. The quantitative estimate of drug-likeness (QED) is 0.364. The lowest BCUT2D eigenvalue weighted by Crippen LogP contribution is -2.46. The van der Waals surface area contributed by atoms with Crippen molar-refractivity contribution in [3.63, 3.8) is 0 Å². The highest BCUT2D eigenvalue weighted by Crippen LogP contribution is 2.66. The van der Waals surface area contributed by atoms with Gasteiger partial charge in [0, 0.05) is 1.43 Å². The maximum atomic E-state index is 3.00. The third kappa shape index (κ3) is 5.36. The molecule has 188 valence electrons. The van der Waals surface area contributed by atoms with Crippen molar-refractivity contribution >= 4 is 0 Å². The van der Waals surface area contributed by atoms with Crippen molar-refractivity contribution in [2.75, 3.05) is 0 Å². The highest BCUT2D eigenvalue weighted by Gasteiger charge is 2.56. The molecule has 0 saturated heterocycles. The molecule has 0 heterocycles. The minimum absolute atomic E-state index is 0. The number of rotatable bonds is 5. The maximum absolute atomic E-state index is 3.00. The van der Waals surface area contributed by atoms with Gasteiger partial charge in [-0.3, -0.25) is 0 Å². The minimum atomic E-state index is 0.